The van der Waals surface area contributed by atoms with Crippen molar-refractivity contribution in [2.24, 2.45) is 11.1 Å². The standard InChI is InChI=1S/C21H30N2O5/c1-21(2)11-14(6-8-28-21)15(22-24)10-16-18-13(5-7-23(16)3)9-17-19(20(18)25-4)27-12-26-17/h9,14,16,24H,5-8,10-12H2,1-4H3/b22-15+/t14-,16+/m0/s1. The lowest BCUT2D eigenvalue weighted by molar-refractivity contribution is -0.0622. The molecule has 4 rings (SSSR count). The Morgan fingerprint density at radius 1 is 1.39 bits per heavy atom. The van der Waals surface area contributed by atoms with Crippen molar-refractivity contribution in [1.29, 1.82) is 0 Å². The third kappa shape index (κ3) is 3.42. The number of hydrogen-bond acceptors (Lipinski definition) is 7. The van der Waals surface area contributed by atoms with E-state index in [9.17, 15) is 5.21 Å². The van der Waals surface area contributed by atoms with Crippen LogP contribution in [0.1, 0.15) is 50.3 Å². The van der Waals surface area contributed by atoms with Crippen LogP contribution in [0, 0.1) is 5.92 Å². The van der Waals surface area contributed by atoms with Crippen LogP contribution < -0.4 is 14.2 Å². The normalized spacial score (nSPS) is 26.8. The largest absolute Gasteiger partial charge is 0.492 e. The molecule has 3 aliphatic rings. The van der Waals surface area contributed by atoms with Gasteiger partial charge in [0.25, 0.3) is 0 Å². The molecule has 3 heterocycles. The molecular formula is C21H30N2O5. The van der Waals surface area contributed by atoms with Gasteiger partial charge >= 0.3 is 0 Å². The summed E-state index contributed by atoms with van der Waals surface area (Å²) in [5.74, 6) is 2.39. The maximum absolute atomic E-state index is 9.85. The molecule has 0 amide bonds. The predicted molar refractivity (Wildman–Crippen MR) is 105 cm³/mol. The fraction of sp³-hybridized carbons (Fsp3) is 0.667. The van der Waals surface area contributed by atoms with Crippen molar-refractivity contribution in [3.63, 3.8) is 0 Å². The van der Waals surface area contributed by atoms with Gasteiger partial charge in [-0.2, -0.15) is 0 Å². The van der Waals surface area contributed by atoms with E-state index in [-0.39, 0.29) is 24.4 Å². The summed E-state index contributed by atoms with van der Waals surface area (Å²) in [5, 5.41) is 13.6. The molecular weight excluding hydrogens is 360 g/mol. The van der Waals surface area contributed by atoms with Crippen LogP contribution in [0.5, 0.6) is 17.2 Å². The Morgan fingerprint density at radius 2 is 2.21 bits per heavy atom. The van der Waals surface area contributed by atoms with Gasteiger partial charge in [-0.1, -0.05) is 5.16 Å². The number of methoxy groups -OCH3 is 1. The number of oxime groups is 1. The van der Waals surface area contributed by atoms with Crippen molar-refractivity contribution in [3.05, 3.63) is 17.2 Å². The minimum Gasteiger partial charge on any atom is -0.492 e. The monoisotopic (exact) mass is 390 g/mol. The summed E-state index contributed by atoms with van der Waals surface area (Å²) in [6, 6.07) is 2.14. The lowest BCUT2D eigenvalue weighted by Gasteiger charge is -2.39. The van der Waals surface area contributed by atoms with Gasteiger partial charge in [0.05, 0.1) is 18.4 Å². The first kappa shape index (κ1) is 19.3. The molecule has 1 fully saturated rings. The van der Waals surface area contributed by atoms with Crippen LogP contribution >= 0.6 is 0 Å². The van der Waals surface area contributed by atoms with Crippen molar-refractivity contribution >= 4 is 5.71 Å². The predicted octanol–water partition coefficient (Wildman–Crippen LogP) is 3.38. The molecule has 7 nitrogen and oxygen atoms in total. The molecule has 0 aliphatic carbocycles. The van der Waals surface area contributed by atoms with Crippen molar-refractivity contribution in [1.82, 2.24) is 4.90 Å². The molecule has 0 saturated carbocycles. The summed E-state index contributed by atoms with van der Waals surface area (Å²) < 4.78 is 22.9. The molecule has 1 saturated heterocycles. The number of likely N-dealkylation sites (N-methyl/N-ethyl adjacent to an activating group) is 1. The van der Waals surface area contributed by atoms with Gasteiger partial charge < -0.3 is 24.2 Å². The summed E-state index contributed by atoms with van der Waals surface area (Å²) in [6.45, 7) is 6.03. The molecule has 1 aromatic rings. The van der Waals surface area contributed by atoms with Crippen molar-refractivity contribution in [2.45, 2.75) is 51.2 Å². The van der Waals surface area contributed by atoms with Crippen molar-refractivity contribution in [2.75, 3.05) is 34.1 Å². The highest BCUT2D eigenvalue weighted by Gasteiger charge is 2.37. The molecule has 0 radical (unpaired) electrons. The Morgan fingerprint density at radius 3 is 2.93 bits per heavy atom. The van der Waals surface area contributed by atoms with Crippen LogP contribution in [0.4, 0.5) is 0 Å². The van der Waals surface area contributed by atoms with Crippen LogP contribution in [-0.2, 0) is 11.2 Å². The molecule has 0 aromatic heterocycles. The molecule has 1 N–H and O–H groups in total. The lowest BCUT2D eigenvalue weighted by atomic mass is 9.80. The molecule has 2 atom stereocenters. The van der Waals surface area contributed by atoms with Gasteiger partial charge in [0, 0.05) is 37.1 Å². The summed E-state index contributed by atoms with van der Waals surface area (Å²) in [6.07, 6.45) is 3.31. The third-order valence-corrected chi connectivity index (χ3v) is 6.25. The molecule has 28 heavy (non-hydrogen) atoms. The van der Waals surface area contributed by atoms with Crippen LogP contribution in [-0.4, -0.2) is 55.5 Å². The number of fused-ring (bicyclic) bond motifs is 2. The van der Waals surface area contributed by atoms with Crippen molar-refractivity contribution in [3.8, 4) is 17.2 Å². The molecule has 7 heteroatoms. The van der Waals surface area contributed by atoms with Gasteiger partial charge in [0.2, 0.25) is 12.5 Å². The minimum absolute atomic E-state index is 0.0602. The molecule has 0 unspecified atom stereocenters. The second kappa shape index (κ2) is 7.44. The van der Waals surface area contributed by atoms with E-state index in [1.807, 2.05) is 0 Å². The van der Waals surface area contributed by atoms with E-state index in [1.54, 1.807) is 7.11 Å². The van der Waals surface area contributed by atoms with Gasteiger partial charge in [-0.25, -0.2) is 0 Å². The van der Waals surface area contributed by atoms with E-state index in [1.165, 1.54) is 5.56 Å². The van der Waals surface area contributed by atoms with Crippen LogP contribution in [0.2, 0.25) is 0 Å². The van der Waals surface area contributed by atoms with Crippen LogP contribution in [0.3, 0.4) is 0 Å². The minimum atomic E-state index is -0.196. The highest BCUT2D eigenvalue weighted by Crippen LogP contribution is 2.50. The van der Waals surface area contributed by atoms with Gasteiger partial charge in [0.1, 0.15) is 0 Å². The Labute approximate surface area is 166 Å². The molecule has 1 aromatic carbocycles. The van der Waals surface area contributed by atoms with E-state index in [0.29, 0.717) is 18.8 Å². The fourth-order valence-electron chi connectivity index (χ4n) is 4.79. The average molecular weight is 390 g/mol. The zero-order valence-corrected chi connectivity index (χ0v) is 17.2. The Bertz CT molecular complexity index is 777. The summed E-state index contributed by atoms with van der Waals surface area (Å²) in [5.41, 5.74) is 2.97. The quantitative estimate of drug-likeness (QED) is 0.483. The summed E-state index contributed by atoms with van der Waals surface area (Å²) in [7, 11) is 3.78. The Balaban J connectivity index is 1.67. The molecule has 154 valence electrons. The SMILES string of the molecule is COc1c2c(cc3c1[C@@H](C/C(=N\O)[C@H]1CCOC(C)(C)C1)N(C)CC3)OCO2. The fourth-order valence-corrected chi connectivity index (χ4v) is 4.79. The highest BCUT2D eigenvalue weighted by molar-refractivity contribution is 5.87. The zero-order chi connectivity index (χ0) is 19.9. The Kier molecular flexibility index (Phi) is 5.14. The number of nitrogens with zero attached hydrogens (tertiary/aromatic N) is 2. The van der Waals surface area contributed by atoms with Gasteiger partial charge in [-0.3, -0.25) is 4.90 Å². The molecule has 0 bridgehead atoms. The van der Waals surface area contributed by atoms with Gasteiger partial charge in [0.15, 0.2) is 11.5 Å². The van der Waals surface area contributed by atoms with Gasteiger partial charge in [-0.05, 0) is 51.8 Å². The maximum Gasteiger partial charge on any atom is 0.231 e. The summed E-state index contributed by atoms with van der Waals surface area (Å²) in [4.78, 5) is 2.31. The maximum atomic E-state index is 9.85. The lowest BCUT2D eigenvalue weighted by Crippen LogP contribution is -2.39. The van der Waals surface area contributed by atoms with Crippen LogP contribution in [0.15, 0.2) is 11.2 Å². The first-order chi connectivity index (χ1) is 13.4. The third-order valence-electron chi connectivity index (χ3n) is 6.25. The average Bonchev–Trinajstić information content (AvgIpc) is 3.13. The molecule has 0 spiro atoms. The number of rotatable bonds is 4. The number of ether oxygens (including phenoxy) is 4. The Hall–Kier alpha value is -1.99. The van der Waals surface area contributed by atoms with E-state index < -0.39 is 0 Å². The summed E-state index contributed by atoms with van der Waals surface area (Å²) >= 11 is 0. The second-order valence-electron chi connectivity index (χ2n) is 8.56. The smallest absolute Gasteiger partial charge is 0.231 e. The second-order valence-corrected chi connectivity index (χ2v) is 8.56. The number of benzene rings is 1. The van der Waals surface area contributed by atoms with E-state index >= 15 is 0 Å². The van der Waals surface area contributed by atoms with E-state index in [0.717, 1.165) is 48.6 Å². The molecule has 3 aliphatic heterocycles. The van der Waals surface area contributed by atoms with E-state index in [4.69, 9.17) is 18.9 Å². The number of hydrogen-bond donors (Lipinski definition) is 1. The zero-order valence-electron chi connectivity index (χ0n) is 17.2. The van der Waals surface area contributed by atoms with Gasteiger partial charge in [-0.15, -0.1) is 0 Å². The first-order valence-corrected chi connectivity index (χ1v) is 9.98. The van der Waals surface area contributed by atoms with E-state index in [2.05, 4.69) is 37.0 Å². The first-order valence-electron chi connectivity index (χ1n) is 9.98. The van der Waals surface area contributed by atoms with Crippen molar-refractivity contribution < 1.29 is 24.2 Å². The topological polar surface area (TPSA) is 72.8 Å². The highest BCUT2D eigenvalue weighted by atomic mass is 16.7. The van der Waals surface area contributed by atoms with Crippen LogP contribution in [0.25, 0.3) is 0 Å².